The highest BCUT2D eigenvalue weighted by Crippen LogP contribution is 2.21. The summed E-state index contributed by atoms with van der Waals surface area (Å²) in [5.41, 5.74) is 0.725. The van der Waals surface area contributed by atoms with Crippen molar-refractivity contribution in [3.05, 3.63) is 24.1 Å². The third-order valence-corrected chi connectivity index (χ3v) is 2.48. The van der Waals surface area contributed by atoms with Crippen molar-refractivity contribution in [2.75, 3.05) is 11.9 Å². The molecule has 0 aromatic carbocycles. The van der Waals surface area contributed by atoms with E-state index in [-0.39, 0.29) is 5.28 Å². The van der Waals surface area contributed by atoms with Gasteiger partial charge in [-0.2, -0.15) is 15.1 Å². The molecule has 0 saturated heterocycles. The summed E-state index contributed by atoms with van der Waals surface area (Å²) in [6.45, 7) is 7.22. The number of nitrogens with zero attached hydrogens (tertiary/aromatic N) is 4. The van der Waals surface area contributed by atoms with E-state index in [1.165, 1.54) is 0 Å². The van der Waals surface area contributed by atoms with Gasteiger partial charge in [-0.25, -0.2) is 4.68 Å². The molecule has 6 heteroatoms. The summed E-state index contributed by atoms with van der Waals surface area (Å²) in [6, 6.07) is 0. The zero-order valence-electron chi connectivity index (χ0n) is 9.65. The minimum atomic E-state index is 0.224. The van der Waals surface area contributed by atoms with E-state index in [1.54, 1.807) is 17.0 Å². The molecule has 0 saturated carbocycles. The molecule has 2 aromatic rings. The maximum absolute atomic E-state index is 5.90. The lowest BCUT2D eigenvalue weighted by atomic mass is 10.3. The van der Waals surface area contributed by atoms with Crippen molar-refractivity contribution in [1.82, 2.24) is 19.7 Å². The van der Waals surface area contributed by atoms with Crippen LogP contribution in [0.5, 0.6) is 0 Å². The third-order valence-electron chi connectivity index (χ3n) is 2.31. The molecule has 0 aliphatic heterocycles. The second kappa shape index (κ2) is 5.14. The number of halogens is 1. The first-order valence-electron chi connectivity index (χ1n) is 5.50. The van der Waals surface area contributed by atoms with Gasteiger partial charge in [0.15, 0.2) is 5.65 Å². The second-order valence-corrected chi connectivity index (χ2v) is 3.96. The van der Waals surface area contributed by atoms with Crippen LogP contribution in [0.4, 0.5) is 5.82 Å². The summed E-state index contributed by atoms with van der Waals surface area (Å²) in [5, 5.41) is 8.56. The van der Waals surface area contributed by atoms with E-state index in [9.17, 15) is 0 Å². The molecule has 0 bridgehead atoms. The van der Waals surface area contributed by atoms with Gasteiger partial charge >= 0.3 is 0 Å². The van der Waals surface area contributed by atoms with Gasteiger partial charge in [0.1, 0.15) is 5.82 Å². The molecule has 1 N–H and O–H groups in total. The van der Waals surface area contributed by atoms with Gasteiger partial charge in [0.25, 0.3) is 0 Å². The SMILES string of the molecule is C=CCn1ncc2c(NCCC)nc(Cl)nc21. The van der Waals surface area contributed by atoms with Crippen molar-refractivity contribution < 1.29 is 0 Å². The predicted octanol–water partition coefficient (Wildman–Crippen LogP) is 2.49. The fourth-order valence-corrected chi connectivity index (χ4v) is 1.73. The summed E-state index contributed by atoms with van der Waals surface area (Å²) in [4.78, 5) is 8.37. The molecule has 2 aromatic heterocycles. The Hall–Kier alpha value is -1.62. The van der Waals surface area contributed by atoms with Gasteiger partial charge in [0, 0.05) is 6.54 Å². The highest BCUT2D eigenvalue weighted by atomic mass is 35.5. The summed E-state index contributed by atoms with van der Waals surface area (Å²) < 4.78 is 1.74. The van der Waals surface area contributed by atoms with E-state index in [1.807, 2.05) is 0 Å². The smallest absolute Gasteiger partial charge is 0.226 e. The fourth-order valence-electron chi connectivity index (χ4n) is 1.56. The van der Waals surface area contributed by atoms with Crippen molar-refractivity contribution in [2.24, 2.45) is 0 Å². The van der Waals surface area contributed by atoms with Crippen LogP contribution in [0.15, 0.2) is 18.9 Å². The Labute approximate surface area is 105 Å². The molecular weight excluding hydrogens is 238 g/mol. The van der Waals surface area contributed by atoms with Crippen LogP contribution in [0, 0.1) is 0 Å². The van der Waals surface area contributed by atoms with E-state index in [2.05, 4.69) is 33.9 Å². The average Bonchev–Trinajstić information content (AvgIpc) is 2.70. The molecule has 0 spiro atoms. The minimum Gasteiger partial charge on any atom is -0.369 e. The number of hydrogen-bond donors (Lipinski definition) is 1. The van der Waals surface area contributed by atoms with Crippen LogP contribution in [0.1, 0.15) is 13.3 Å². The number of fused-ring (bicyclic) bond motifs is 1. The highest BCUT2D eigenvalue weighted by Gasteiger charge is 2.10. The Kier molecular flexibility index (Phi) is 3.58. The van der Waals surface area contributed by atoms with E-state index < -0.39 is 0 Å². The molecule has 0 aliphatic rings. The van der Waals surface area contributed by atoms with Crippen molar-refractivity contribution in [3.63, 3.8) is 0 Å². The molecule has 0 aliphatic carbocycles. The van der Waals surface area contributed by atoms with Gasteiger partial charge in [0.2, 0.25) is 5.28 Å². The number of rotatable bonds is 5. The maximum atomic E-state index is 5.90. The van der Waals surface area contributed by atoms with Gasteiger partial charge in [0.05, 0.1) is 18.1 Å². The zero-order chi connectivity index (χ0) is 12.3. The summed E-state index contributed by atoms with van der Waals surface area (Å²) in [7, 11) is 0. The average molecular weight is 252 g/mol. The lowest BCUT2D eigenvalue weighted by Gasteiger charge is -2.05. The number of anilines is 1. The first kappa shape index (κ1) is 11.9. The van der Waals surface area contributed by atoms with Crippen LogP contribution in [-0.2, 0) is 6.54 Å². The number of hydrogen-bond acceptors (Lipinski definition) is 4. The van der Waals surface area contributed by atoms with Crippen LogP contribution >= 0.6 is 11.6 Å². The molecular formula is C11H14ClN5. The van der Waals surface area contributed by atoms with Gasteiger partial charge in [-0.1, -0.05) is 13.0 Å². The highest BCUT2D eigenvalue weighted by molar-refractivity contribution is 6.28. The first-order chi connectivity index (χ1) is 8.26. The van der Waals surface area contributed by atoms with Crippen LogP contribution in [0.2, 0.25) is 5.28 Å². The van der Waals surface area contributed by atoms with Crippen molar-refractivity contribution in [3.8, 4) is 0 Å². The normalized spacial score (nSPS) is 10.7. The summed E-state index contributed by atoms with van der Waals surface area (Å²) in [5.74, 6) is 0.733. The fraction of sp³-hybridized carbons (Fsp3) is 0.364. The van der Waals surface area contributed by atoms with Gasteiger partial charge in [-0.3, -0.25) is 0 Å². The Morgan fingerprint density at radius 1 is 1.53 bits per heavy atom. The molecule has 17 heavy (non-hydrogen) atoms. The number of allylic oxidation sites excluding steroid dienone is 1. The first-order valence-corrected chi connectivity index (χ1v) is 5.88. The topological polar surface area (TPSA) is 55.6 Å². The second-order valence-electron chi connectivity index (χ2n) is 3.62. The summed E-state index contributed by atoms with van der Waals surface area (Å²) >= 11 is 5.90. The number of nitrogens with one attached hydrogen (secondary N) is 1. The van der Waals surface area contributed by atoms with Crippen molar-refractivity contribution in [2.45, 2.75) is 19.9 Å². The summed E-state index contributed by atoms with van der Waals surface area (Å²) in [6.07, 6.45) is 4.53. The Morgan fingerprint density at radius 3 is 3.06 bits per heavy atom. The standard InChI is InChI=1S/C11H14ClN5/c1-3-5-13-9-8-7-14-17(6-4-2)10(8)16-11(12)15-9/h4,7H,2-3,5-6H2,1H3,(H,13,15,16). The quantitative estimate of drug-likeness (QED) is 0.655. The molecule has 2 heterocycles. The maximum Gasteiger partial charge on any atom is 0.226 e. The van der Waals surface area contributed by atoms with Crippen molar-refractivity contribution >= 4 is 28.5 Å². The molecule has 5 nitrogen and oxygen atoms in total. The molecule has 0 unspecified atom stereocenters. The Balaban J connectivity index is 2.49. The zero-order valence-corrected chi connectivity index (χ0v) is 10.4. The van der Waals surface area contributed by atoms with Crippen LogP contribution < -0.4 is 5.32 Å². The lowest BCUT2D eigenvalue weighted by Crippen LogP contribution is -2.04. The minimum absolute atomic E-state index is 0.224. The molecule has 2 rings (SSSR count). The van der Waals surface area contributed by atoms with Gasteiger partial charge < -0.3 is 5.32 Å². The van der Waals surface area contributed by atoms with Gasteiger partial charge in [-0.15, -0.1) is 6.58 Å². The Bertz CT molecular complexity index is 534. The van der Waals surface area contributed by atoms with Crippen LogP contribution in [-0.4, -0.2) is 26.3 Å². The van der Waals surface area contributed by atoms with Crippen molar-refractivity contribution in [1.29, 1.82) is 0 Å². The van der Waals surface area contributed by atoms with E-state index in [4.69, 9.17) is 11.6 Å². The molecule has 0 amide bonds. The molecule has 0 atom stereocenters. The van der Waals surface area contributed by atoms with Crippen LogP contribution in [0.25, 0.3) is 11.0 Å². The van der Waals surface area contributed by atoms with E-state index in [0.29, 0.717) is 6.54 Å². The van der Waals surface area contributed by atoms with Gasteiger partial charge in [-0.05, 0) is 18.0 Å². The van der Waals surface area contributed by atoms with E-state index >= 15 is 0 Å². The Morgan fingerprint density at radius 2 is 2.35 bits per heavy atom. The molecule has 0 radical (unpaired) electrons. The lowest BCUT2D eigenvalue weighted by molar-refractivity contribution is 0.720. The molecule has 90 valence electrons. The van der Waals surface area contributed by atoms with E-state index in [0.717, 1.165) is 29.8 Å². The van der Waals surface area contributed by atoms with Crippen LogP contribution in [0.3, 0.4) is 0 Å². The number of aromatic nitrogens is 4. The molecule has 0 fully saturated rings. The monoisotopic (exact) mass is 251 g/mol. The third kappa shape index (κ3) is 2.39. The predicted molar refractivity (Wildman–Crippen MR) is 69.3 cm³/mol. The largest absolute Gasteiger partial charge is 0.369 e.